The predicted molar refractivity (Wildman–Crippen MR) is 89.5 cm³/mol. The second kappa shape index (κ2) is 6.63. The van der Waals surface area contributed by atoms with Crippen molar-refractivity contribution in [1.82, 2.24) is 0 Å². The summed E-state index contributed by atoms with van der Waals surface area (Å²) in [5, 5.41) is 17.7. The molecule has 0 saturated carbocycles. The van der Waals surface area contributed by atoms with E-state index in [0.29, 0.717) is 22.8 Å². The minimum Gasteiger partial charge on any atom is -0.478 e. The van der Waals surface area contributed by atoms with Crippen molar-refractivity contribution in [3.8, 4) is 17.4 Å². The maximum Gasteiger partial charge on any atom is 0.335 e. The van der Waals surface area contributed by atoms with E-state index in [1.165, 1.54) is 12.1 Å². The van der Waals surface area contributed by atoms with Crippen LogP contribution in [0.5, 0.6) is 0 Å². The van der Waals surface area contributed by atoms with Crippen molar-refractivity contribution in [3.63, 3.8) is 0 Å². The van der Waals surface area contributed by atoms with Crippen LogP contribution in [0.3, 0.4) is 0 Å². The second-order valence-electron chi connectivity index (χ2n) is 5.00. The number of carbonyl (C=O) groups is 1. The first-order valence-corrected chi connectivity index (χ1v) is 7.13. The zero-order valence-corrected chi connectivity index (χ0v) is 12.5. The number of benzene rings is 2. The molecule has 0 amide bonds. The lowest BCUT2D eigenvalue weighted by Gasteiger charge is -1.97. The highest BCUT2D eigenvalue weighted by molar-refractivity contribution is 5.88. The SMILES string of the molecule is N#Cc1ccc(-c2ccc(C=Nc3ccc(C(=O)O)cc3)o2)cc1. The molecule has 0 fully saturated rings. The van der Waals surface area contributed by atoms with Gasteiger partial charge < -0.3 is 9.52 Å². The quantitative estimate of drug-likeness (QED) is 0.728. The van der Waals surface area contributed by atoms with Crippen LogP contribution in [0.2, 0.25) is 0 Å². The molecule has 1 N–H and O–H groups in total. The average molecular weight is 316 g/mol. The molecule has 0 saturated heterocycles. The van der Waals surface area contributed by atoms with Gasteiger partial charge in [0.25, 0.3) is 0 Å². The molecule has 116 valence electrons. The maximum atomic E-state index is 10.8. The molecule has 5 nitrogen and oxygen atoms in total. The van der Waals surface area contributed by atoms with Crippen molar-refractivity contribution in [3.05, 3.63) is 77.6 Å². The number of rotatable bonds is 4. The number of carboxylic acid groups (broad SMARTS) is 1. The highest BCUT2D eigenvalue weighted by Crippen LogP contribution is 2.22. The Morgan fingerprint density at radius 3 is 2.38 bits per heavy atom. The zero-order valence-electron chi connectivity index (χ0n) is 12.5. The van der Waals surface area contributed by atoms with E-state index in [4.69, 9.17) is 14.8 Å². The molecule has 2 aromatic carbocycles. The van der Waals surface area contributed by atoms with Crippen LogP contribution in [0.15, 0.2) is 70.1 Å². The molecule has 3 rings (SSSR count). The highest BCUT2D eigenvalue weighted by atomic mass is 16.4. The normalized spacial score (nSPS) is 10.6. The third kappa shape index (κ3) is 3.39. The lowest BCUT2D eigenvalue weighted by Crippen LogP contribution is -1.94. The molecule has 24 heavy (non-hydrogen) atoms. The van der Waals surface area contributed by atoms with Gasteiger partial charge in [0.05, 0.1) is 29.1 Å². The van der Waals surface area contributed by atoms with Crippen LogP contribution in [0.1, 0.15) is 21.7 Å². The van der Waals surface area contributed by atoms with Gasteiger partial charge in [-0.05, 0) is 60.7 Å². The van der Waals surface area contributed by atoms with Crippen LogP contribution < -0.4 is 0 Å². The topological polar surface area (TPSA) is 86.6 Å². The molecule has 0 spiro atoms. The van der Waals surface area contributed by atoms with Gasteiger partial charge in [-0.3, -0.25) is 4.99 Å². The van der Waals surface area contributed by atoms with E-state index >= 15 is 0 Å². The van der Waals surface area contributed by atoms with Gasteiger partial charge in [0, 0.05) is 5.56 Å². The third-order valence-electron chi connectivity index (χ3n) is 3.38. The van der Waals surface area contributed by atoms with Crippen LogP contribution in [0.25, 0.3) is 11.3 Å². The molecule has 3 aromatic rings. The first kappa shape index (κ1) is 15.3. The average Bonchev–Trinajstić information content (AvgIpc) is 3.09. The number of furan rings is 1. The molecular formula is C19H12N2O3. The number of hydrogen-bond acceptors (Lipinski definition) is 4. The van der Waals surface area contributed by atoms with E-state index in [2.05, 4.69) is 11.1 Å². The van der Waals surface area contributed by atoms with Gasteiger partial charge in [0.15, 0.2) is 0 Å². The number of nitriles is 1. The van der Waals surface area contributed by atoms with Gasteiger partial charge >= 0.3 is 5.97 Å². The molecule has 0 radical (unpaired) electrons. The van der Waals surface area contributed by atoms with Crippen LogP contribution >= 0.6 is 0 Å². The van der Waals surface area contributed by atoms with E-state index in [0.717, 1.165) is 5.56 Å². The Morgan fingerprint density at radius 1 is 1.04 bits per heavy atom. The van der Waals surface area contributed by atoms with Crippen molar-refractivity contribution in [2.45, 2.75) is 0 Å². The van der Waals surface area contributed by atoms with E-state index in [-0.39, 0.29) is 5.56 Å². The molecule has 0 aliphatic rings. The first-order chi connectivity index (χ1) is 11.7. The molecule has 1 aromatic heterocycles. The lowest BCUT2D eigenvalue weighted by molar-refractivity contribution is 0.0697. The van der Waals surface area contributed by atoms with Gasteiger partial charge in [0.2, 0.25) is 0 Å². The van der Waals surface area contributed by atoms with Gasteiger partial charge in [-0.25, -0.2) is 4.79 Å². The Labute approximate surface area is 138 Å². The molecule has 0 aliphatic heterocycles. The van der Waals surface area contributed by atoms with Crippen LogP contribution in [-0.4, -0.2) is 17.3 Å². The lowest BCUT2D eigenvalue weighted by atomic mass is 10.1. The van der Waals surface area contributed by atoms with Crippen molar-refractivity contribution in [2.75, 3.05) is 0 Å². The summed E-state index contributed by atoms with van der Waals surface area (Å²) in [6, 6.07) is 19.1. The summed E-state index contributed by atoms with van der Waals surface area (Å²) in [6.07, 6.45) is 1.57. The van der Waals surface area contributed by atoms with E-state index in [1.807, 2.05) is 18.2 Å². The summed E-state index contributed by atoms with van der Waals surface area (Å²) >= 11 is 0. The first-order valence-electron chi connectivity index (χ1n) is 7.13. The minimum absolute atomic E-state index is 0.218. The number of carboxylic acids is 1. The molecule has 0 aliphatic carbocycles. The molecule has 0 atom stereocenters. The fourth-order valence-corrected chi connectivity index (χ4v) is 2.11. The van der Waals surface area contributed by atoms with E-state index < -0.39 is 5.97 Å². The highest BCUT2D eigenvalue weighted by Gasteiger charge is 2.04. The molecule has 0 bridgehead atoms. The van der Waals surface area contributed by atoms with Gasteiger partial charge in [-0.2, -0.15) is 5.26 Å². The summed E-state index contributed by atoms with van der Waals surface area (Å²) in [7, 11) is 0. The number of aromatic carboxylic acids is 1. The van der Waals surface area contributed by atoms with Crippen molar-refractivity contribution < 1.29 is 14.3 Å². The predicted octanol–water partition coefficient (Wildman–Crippen LogP) is 4.27. The molecule has 0 unspecified atom stereocenters. The fraction of sp³-hybridized carbons (Fsp3) is 0. The number of aliphatic imine (C=N–C) groups is 1. The molecule has 5 heteroatoms. The Morgan fingerprint density at radius 2 is 1.75 bits per heavy atom. The van der Waals surface area contributed by atoms with E-state index in [9.17, 15) is 4.79 Å². The Hall–Kier alpha value is -3.65. The Balaban J connectivity index is 1.75. The fourth-order valence-electron chi connectivity index (χ4n) is 2.11. The number of nitrogens with zero attached hydrogens (tertiary/aromatic N) is 2. The largest absolute Gasteiger partial charge is 0.478 e. The summed E-state index contributed by atoms with van der Waals surface area (Å²) in [5.74, 6) is 0.294. The van der Waals surface area contributed by atoms with Gasteiger partial charge in [0.1, 0.15) is 11.5 Å². The number of hydrogen-bond donors (Lipinski definition) is 1. The standard InChI is InChI=1S/C19H12N2O3/c20-11-13-1-3-14(4-2-13)18-10-9-17(24-18)12-21-16-7-5-15(6-8-16)19(22)23/h1-10,12H,(H,22,23). The van der Waals surface area contributed by atoms with Crippen molar-refractivity contribution in [2.24, 2.45) is 4.99 Å². The van der Waals surface area contributed by atoms with Gasteiger partial charge in [-0.1, -0.05) is 0 Å². The second-order valence-corrected chi connectivity index (χ2v) is 5.00. The zero-order chi connectivity index (χ0) is 16.9. The summed E-state index contributed by atoms with van der Waals surface area (Å²) in [4.78, 5) is 15.1. The summed E-state index contributed by atoms with van der Waals surface area (Å²) < 4.78 is 5.70. The maximum absolute atomic E-state index is 10.8. The summed E-state index contributed by atoms with van der Waals surface area (Å²) in [6.45, 7) is 0. The Bertz CT molecular complexity index is 930. The third-order valence-corrected chi connectivity index (χ3v) is 3.38. The van der Waals surface area contributed by atoms with Crippen LogP contribution in [0.4, 0.5) is 5.69 Å². The molecular weight excluding hydrogens is 304 g/mol. The van der Waals surface area contributed by atoms with Crippen LogP contribution in [-0.2, 0) is 0 Å². The summed E-state index contributed by atoms with van der Waals surface area (Å²) in [5.41, 5.74) is 2.32. The molecule has 1 heterocycles. The van der Waals surface area contributed by atoms with E-state index in [1.54, 1.807) is 36.5 Å². The smallest absolute Gasteiger partial charge is 0.335 e. The minimum atomic E-state index is -0.969. The van der Waals surface area contributed by atoms with Crippen molar-refractivity contribution >= 4 is 17.9 Å². The van der Waals surface area contributed by atoms with Gasteiger partial charge in [-0.15, -0.1) is 0 Å². The Kier molecular flexibility index (Phi) is 4.21. The van der Waals surface area contributed by atoms with Crippen LogP contribution in [0, 0.1) is 11.3 Å². The van der Waals surface area contributed by atoms with Crippen molar-refractivity contribution in [1.29, 1.82) is 5.26 Å². The monoisotopic (exact) mass is 316 g/mol.